The van der Waals surface area contributed by atoms with E-state index in [2.05, 4.69) is 35.1 Å². The highest BCUT2D eigenvalue weighted by Gasteiger charge is 2.31. The van der Waals surface area contributed by atoms with Gasteiger partial charge in [0.1, 0.15) is 4.21 Å². The lowest BCUT2D eigenvalue weighted by Crippen LogP contribution is -2.43. The van der Waals surface area contributed by atoms with Crippen molar-refractivity contribution in [2.45, 2.75) is 43.9 Å². The van der Waals surface area contributed by atoms with E-state index in [4.69, 9.17) is 0 Å². The summed E-state index contributed by atoms with van der Waals surface area (Å²) in [7, 11) is -3.34. The van der Waals surface area contributed by atoms with Crippen molar-refractivity contribution in [2.24, 2.45) is 5.92 Å². The molecule has 1 fully saturated rings. The van der Waals surface area contributed by atoms with Gasteiger partial charge in [0.25, 0.3) is 10.0 Å². The van der Waals surface area contributed by atoms with Crippen LogP contribution in [0, 0.1) is 12.8 Å². The third-order valence-corrected chi connectivity index (χ3v) is 8.18. The number of hydrogen-bond acceptors (Lipinski definition) is 4. The molecule has 0 radical (unpaired) electrons. The first-order valence-electron chi connectivity index (χ1n) is 7.30. The molecule has 0 aromatic carbocycles. The molecule has 2 heterocycles. The largest absolute Gasteiger partial charge is 0.314 e. The van der Waals surface area contributed by atoms with E-state index in [-0.39, 0.29) is 0 Å². The fourth-order valence-corrected chi connectivity index (χ4v) is 6.44. The van der Waals surface area contributed by atoms with Crippen molar-refractivity contribution < 1.29 is 8.42 Å². The highest BCUT2D eigenvalue weighted by atomic mass is 79.9. The molecule has 7 heteroatoms. The van der Waals surface area contributed by atoms with Crippen LogP contribution in [0.5, 0.6) is 0 Å². The van der Waals surface area contributed by atoms with Crippen molar-refractivity contribution in [3.05, 3.63) is 15.4 Å². The van der Waals surface area contributed by atoms with E-state index in [1.807, 2.05) is 6.92 Å². The number of thiophene rings is 1. The molecule has 1 aliphatic rings. The molecule has 1 atom stereocenters. The van der Waals surface area contributed by atoms with E-state index in [1.165, 1.54) is 11.3 Å². The Hall–Kier alpha value is 0.0500. The van der Waals surface area contributed by atoms with Crippen LogP contribution in [0.3, 0.4) is 0 Å². The number of aryl methyl sites for hydroxylation is 1. The summed E-state index contributed by atoms with van der Waals surface area (Å²) in [5, 5.41) is 3.41. The number of sulfonamides is 1. The summed E-state index contributed by atoms with van der Waals surface area (Å²) >= 11 is 4.72. The third-order valence-electron chi connectivity index (χ3n) is 3.73. The summed E-state index contributed by atoms with van der Waals surface area (Å²) in [6, 6.07) is 2.20. The molecule has 0 aliphatic carbocycles. The molecule has 1 N–H and O–H groups in total. The molecule has 1 aromatic rings. The standard InChI is InChI=1S/C14H23BrN2O2S2/c1-10(2)16-8-12-5-4-6-17(9-12)21(18,19)13-7-11(3)14(15)20-13/h7,10,12,16H,4-6,8-9H2,1-3H3. The quantitative estimate of drug-likeness (QED) is 0.833. The SMILES string of the molecule is Cc1cc(S(=O)(=O)N2CCCC(CNC(C)C)C2)sc1Br. The van der Waals surface area contributed by atoms with Gasteiger partial charge >= 0.3 is 0 Å². The molecule has 0 bridgehead atoms. The minimum atomic E-state index is -3.34. The average Bonchev–Trinajstić information content (AvgIpc) is 2.77. The van der Waals surface area contributed by atoms with Crippen LogP contribution in [0.1, 0.15) is 32.3 Å². The second-order valence-electron chi connectivity index (χ2n) is 5.96. The molecular formula is C14H23BrN2O2S2. The summed E-state index contributed by atoms with van der Waals surface area (Å²) < 4.78 is 28.5. The van der Waals surface area contributed by atoms with E-state index in [9.17, 15) is 8.42 Å². The van der Waals surface area contributed by atoms with E-state index >= 15 is 0 Å². The van der Waals surface area contributed by atoms with Crippen LogP contribution in [0.25, 0.3) is 0 Å². The molecule has 1 aliphatic heterocycles. The van der Waals surface area contributed by atoms with Crippen LogP contribution in [-0.4, -0.2) is 38.4 Å². The monoisotopic (exact) mass is 394 g/mol. The zero-order valence-corrected chi connectivity index (χ0v) is 15.9. The van der Waals surface area contributed by atoms with E-state index < -0.39 is 10.0 Å². The molecular weight excluding hydrogens is 372 g/mol. The van der Waals surface area contributed by atoms with Gasteiger partial charge in [-0.1, -0.05) is 13.8 Å². The second kappa shape index (κ2) is 7.08. The lowest BCUT2D eigenvalue weighted by molar-refractivity contribution is 0.257. The van der Waals surface area contributed by atoms with Gasteiger partial charge in [0.2, 0.25) is 0 Å². The third kappa shape index (κ3) is 4.28. The van der Waals surface area contributed by atoms with Crippen LogP contribution >= 0.6 is 27.3 Å². The summed E-state index contributed by atoms with van der Waals surface area (Å²) in [5.74, 6) is 0.403. The molecule has 2 rings (SSSR count). The zero-order valence-electron chi connectivity index (χ0n) is 12.7. The van der Waals surface area contributed by atoms with Crippen molar-refractivity contribution in [1.29, 1.82) is 0 Å². The van der Waals surface area contributed by atoms with Crippen molar-refractivity contribution in [3.8, 4) is 0 Å². The lowest BCUT2D eigenvalue weighted by atomic mass is 9.99. The second-order valence-corrected chi connectivity index (χ2v) is 10.5. The average molecular weight is 395 g/mol. The minimum absolute atomic E-state index is 0.403. The molecule has 1 aromatic heterocycles. The normalized spacial score (nSPS) is 21.1. The number of nitrogens with one attached hydrogen (secondary N) is 1. The Kier molecular flexibility index (Phi) is 5.87. The molecule has 0 saturated carbocycles. The van der Waals surface area contributed by atoms with Crippen molar-refractivity contribution >= 4 is 37.3 Å². The Morgan fingerprint density at radius 3 is 2.81 bits per heavy atom. The maximum Gasteiger partial charge on any atom is 0.252 e. The van der Waals surface area contributed by atoms with Crippen LogP contribution < -0.4 is 5.32 Å². The van der Waals surface area contributed by atoms with Gasteiger partial charge in [-0.25, -0.2) is 8.42 Å². The predicted octanol–water partition coefficient (Wildman–Crippen LogP) is 3.22. The molecule has 21 heavy (non-hydrogen) atoms. The van der Waals surface area contributed by atoms with Crippen LogP contribution in [-0.2, 0) is 10.0 Å². The Labute approximate surface area is 140 Å². The smallest absolute Gasteiger partial charge is 0.252 e. The van der Waals surface area contributed by atoms with E-state index in [0.717, 1.165) is 28.7 Å². The van der Waals surface area contributed by atoms with Crippen LogP contribution in [0.15, 0.2) is 14.1 Å². The molecule has 0 amide bonds. The molecule has 120 valence electrons. The Morgan fingerprint density at radius 1 is 1.52 bits per heavy atom. The fraction of sp³-hybridized carbons (Fsp3) is 0.714. The van der Waals surface area contributed by atoms with Gasteiger partial charge in [-0.05, 0) is 59.8 Å². The van der Waals surface area contributed by atoms with Gasteiger partial charge in [-0.15, -0.1) is 11.3 Å². The maximum absolute atomic E-state index is 12.7. The first kappa shape index (κ1) is 17.4. The van der Waals surface area contributed by atoms with E-state index in [1.54, 1.807) is 10.4 Å². The summed E-state index contributed by atoms with van der Waals surface area (Å²) in [6.07, 6.45) is 2.04. The Bertz CT molecular complexity index is 564. The van der Waals surface area contributed by atoms with Crippen molar-refractivity contribution in [1.82, 2.24) is 9.62 Å². The van der Waals surface area contributed by atoms with Crippen LogP contribution in [0.2, 0.25) is 0 Å². The maximum atomic E-state index is 12.7. The molecule has 0 spiro atoms. The number of rotatable bonds is 5. The minimum Gasteiger partial charge on any atom is -0.314 e. The van der Waals surface area contributed by atoms with Gasteiger partial charge in [-0.2, -0.15) is 4.31 Å². The summed E-state index contributed by atoms with van der Waals surface area (Å²) in [6.45, 7) is 8.29. The molecule has 1 unspecified atom stereocenters. The van der Waals surface area contributed by atoms with Gasteiger partial charge in [-0.3, -0.25) is 0 Å². The van der Waals surface area contributed by atoms with Crippen molar-refractivity contribution in [2.75, 3.05) is 19.6 Å². The zero-order chi connectivity index (χ0) is 15.6. The topological polar surface area (TPSA) is 49.4 Å². The highest BCUT2D eigenvalue weighted by molar-refractivity contribution is 9.11. The van der Waals surface area contributed by atoms with Gasteiger partial charge in [0.05, 0.1) is 3.79 Å². The van der Waals surface area contributed by atoms with Gasteiger partial charge in [0, 0.05) is 19.1 Å². The highest BCUT2D eigenvalue weighted by Crippen LogP contribution is 2.33. The summed E-state index contributed by atoms with van der Waals surface area (Å²) in [5.41, 5.74) is 0.980. The van der Waals surface area contributed by atoms with Gasteiger partial charge < -0.3 is 5.32 Å². The van der Waals surface area contributed by atoms with Crippen LogP contribution in [0.4, 0.5) is 0 Å². The number of nitrogens with zero attached hydrogens (tertiary/aromatic N) is 1. The van der Waals surface area contributed by atoms with Gasteiger partial charge in [0.15, 0.2) is 0 Å². The predicted molar refractivity (Wildman–Crippen MR) is 91.4 cm³/mol. The molecule has 4 nitrogen and oxygen atoms in total. The molecule has 1 saturated heterocycles. The Balaban J connectivity index is 2.09. The lowest BCUT2D eigenvalue weighted by Gasteiger charge is -2.32. The number of halogens is 1. The fourth-order valence-electron chi connectivity index (χ4n) is 2.50. The number of piperidine rings is 1. The first-order valence-corrected chi connectivity index (χ1v) is 10.3. The van der Waals surface area contributed by atoms with Crippen molar-refractivity contribution in [3.63, 3.8) is 0 Å². The number of hydrogen-bond donors (Lipinski definition) is 1. The summed E-state index contributed by atoms with van der Waals surface area (Å²) in [4.78, 5) is 0. The first-order chi connectivity index (χ1) is 9.80. The van der Waals surface area contributed by atoms with E-state index in [0.29, 0.717) is 29.3 Å². The Morgan fingerprint density at radius 2 is 2.24 bits per heavy atom.